The van der Waals surface area contributed by atoms with Crippen LogP contribution >= 0.6 is 23.1 Å². The minimum Gasteiger partial charge on any atom is -0.378 e. The molecule has 0 aliphatic rings. The molecule has 150 valence electrons. The summed E-state index contributed by atoms with van der Waals surface area (Å²) in [6.45, 7) is 8.03. The number of aliphatic hydroxyl groups excluding tert-OH is 1. The van der Waals surface area contributed by atoms with Gasteiger partial charge in [0.1, 0.15) is 11.6 Å². The number of thiazole rings is 1. The highest BCUT2D eigenvalue weighted by Gasteiger charge is 2.25. The lowest BCUT2D eigenvalue weighted by Crippen LogP contribution is -2.22. The topological polar surface area (TPSA) is 62.2 Å². The SMILES string of the molecule is CC/C=C(\C)SC(=C(C)C)c1csc(NC(=O)C(O)c2c(F)cccc2F)n1. The van der Waals surface area contributed by atoms with E-state index in [9.17, 15) is 18.7 Å². The largest absolute Gasteiger partial charge is 0.378 e. The lowest BCUT2D eigenvalue weighted by Gasteiger charge is -2.12. The molecule has 0 saturated heterocycles. The smallest absolute Gasteiger partial charge is 0.259 e. The predicted octanol–water partition coefficient (Wildman–Crippen LogP) is 5.89. The number of allylic oxidation sites excluding steroid dienone is 3. The van der Waals surface area contributed by atoms with Crippen molar-refractivity contribution in [1.82, 2.24) is 4.98 Å². The van der Waals surface area contributed by atoms with Gasteiger partial charge in [-0.1, -0.05) is 36.4 Å². The predicted molar refractivity (Wildman–Crippen MR) is 112 cm³/mol. The molecule has 1 aromatic carbocycles. The average molecular weight is 425 g/mol. The van der Waals surface area contributed by atoms with E-state index in [1.807, 2.05) is 20.8 Å². The molecule has 0 aliphatic heterocycles. The van der Waals surface area contributed by atoms with Gasteiger partial charge in [-0.25, -0.2) is 13.8 Å². The Balaban J connectivity index is 2.18. The number of carbonyl (C=O) groups excluding carboxylic acids is 1. The Labute approximate surface area is 171 Å². The molecule has 8 heteroatoms. The molecule has 1 aromatic heterocycles. The summed E-state index contributed by atoms with van der Waals surface area (Å²) in [6, 6.07) is 3.14. The molecule has 28 heavy (non-hydrogen) atoms. The number of rotatable bonds is 7. The molecular formula is C20H22F2N2O2S2. The van der Waals surface area contributed by atoms with Gasteiger partial charge >= 0.3 is 0 Å². The van der Waals surface area contributed by atoms with E-state index in [0.717, 1.165) is 33.9 Å². The van der Waals surface area contributed by atoms with E-state index in [0.29, 0.717) is 5.69 Å². The summed E-state index contributed by atoms with van der Waals surface area (Å²) in [5.74, 6) is -2.91. The van der Waals surface area contributed by atoms with Gasteiger partial charge in [-0.2, -0.15) is 0 Å². The maximum Gasteiger partial charge on any atom is 0.259 e. The van der Waals surface area contributed by atoms with Crippen molar-refractivity contribution in [2.75, 3.05) is 5.32 Å². The lowest BCUT2D eigenvalue weighted by molar-refractivity contribution is -0.124. The highest BCUT2D eigenvalue weighted by molar-refractivity contribution is 8.11. The number of hydrogen-bond acceptors (Lipinski definition) is 5. The molecule has 0 radical (unpaired) electrons. The minimum atomic E-state index is -1.97. The van der Waals surface area contributed by atoms with Crippen LogP contribution in [0.2, 0.25) is 0 Å². The molecule has 0 bridgehead atoms. The second-order valence-electron chi connectivity index (χ2n) is 6.22. The van der Waals surface area contributed by atoms with Crippen LogP contribution in [-0.4, -0.2) is 16.0 Å². The molecule has 2 aromatic rings. The van der Waals surface area contributed by atoms with Crippen LogP contribution in [-0.2, 0) is 4.79 Å². The fourth-order valence-electron chi connectivity index (χ4n) is 2.41. The highest BCUT2D eigenvalue weighted by atomic mass is 32.2. The molecule has 1 heterocycles. The van der Waals surface area contributed by atoms with Gasteiger partial charge in [0.05, 0.1) is 11.3 Å². The number of aliphatic hydroxyl groups is 1. The molecule has 0 spiro atoms. The zero-order valence-corrected chi connectivity index (χ0v) is 17.7. The Morgan fingerprint density at radius 3 is 2.54 bits per heavy atom. The van der Waals surface area contributed by atoms with Gasteiger partial charge < -0.3 is 5.11 Å². The Morgan fingerprint density at radius 2 is 1.96 bits per heavy atom. The maximum atomic E-state index is 13.8. The van der Waals surface area contributed by atoms with Crippen LogP contribution in [0, 0.1) is 11.6 Å². The molecule has 1 atom stereocenters. The normalized spacial score (nSPS) is 12.6. The molecule has 4 nitrogen and oxygen atoms in total. The number of nitrogens with one attached hydrogen (secondary N) is 1. The molecule has 2 rings (SSSR count). The number of benzene rings is 1. The van der Waals surface area contributed by atoms with Crippen LogP contribution in [0.3, 0.4) is 0 Å². The van der Waals surface area contributed by atoms with Crippen molar-refractivity contribution in [2.24, 2.45) is 0 Å². The highest BCUT2D eigenvalue weighted by Crippen LogP contribution is 2.37. The molecule has 1 amide bonds. The van der Waals surface area contributed by atoms with E-state index in [1.165, 1.54) is 17.4 Å². The monoisotopic (exact) mass is 424 g/mol. The Morgan fingerprint density at radius 1 is 1.32 bits per heavy atom. The fraction of sp³-hybridized carbons (Fsp3) is 0.300. The maximum absolute atomic E-state index is 13.8. The number of anilines is 1. The quantitative estimate of drug-likeness (QED) is 0.582. The molecule has 0 saturated carbocycles. The number of thioether (sulfide) groups is 1. The van der Waals surface area contributed by atoms with Crippen LogP contribution in [0.25, 0.3) is 4.91 Å². The number of carbonyl (C=O) groups is 1. The third-order valence-corrected chi connectivity index (χ3v) is 5.77. The standard InChI is InChI=1S/C20H22F2N2O2S2/c1-5-7-12(4)28-18(11(2)3)15-10-27-20(23-15)24-19(26)17(25)16-13(21)8-6-9-14(16)22/h6-10,17,25H,5H2,1-4H3,(H,23,24,26)/b12-7+. The van der Waals surface area contributed by atoms with Gasteiger partial charge in [-0.15, -0.1) is 11.3 Å². The van der Waals surface area contributed by atoms with Gasteiger partial charge in [0.25, 0.3) is 5.91 Å². The summed E-state index contributed by atoms with van der Waals surface area (Å²) in [5.41, 5.74) is 1.09. The first kappa shape index (κ1) is 22.3. The van der Waals surface area contributed by atoms with E-state index in [2.05, 4.69) is 23.3 Å². The van der Waals surface area contributed by atoms with Crippen LogP contribution in [0.5, 0.6) is 0 Å². The number of hydrogen-bond donors (Lipinski definition) is 2. The fourth-order valence-corrected chi connectivity index (χ4v) is 4.18. The van der Waals surface area contributed by atoms with Crippen molar-refractivity contribution < 1.29 is 18.7 Å². The number of aromatic nitrogens is 1. The van der Waals surface area contributed by atoms with Crippen molar-refractivity contribution in [3.05, 3.63) is 63.0 Å². The summed E-state index contributed by atoms with van der Waals surface area (Å²) in [4.78, 5) is 18.7. The van der Waals surface area contributed by atoms with Gasteiger partial charge in [0.2, 0.25) is 0 Å². The van der Waals surface area contributed by atoms with Crippen molar-refractivity contribution in [2.45, 2.75) is 40.2 Å². The minimum absolute atomic E-state index is 0.243. The summed E-state index contributed by atoms with van der Waals surface area (Å²) < 4.78 is 27.6. The van der Waals surface area contributed by atoms with Crippen LogP contribution in [0.1, 0.15) is 51.5 Å². The van der Waals surface area contributed by atoms with Crippen molar-refractivity contribution in [1.29, 1.82) is 0 Å². The first-order chi connectivity index (χ1) is 13.2. The summed E-state index contributed by atoms with van der Waals surface area (Å²) >= 11 is 2.77. The van der Waals surface area contributed by atoms with Crippen molar-refractivity contribution in [3.8, 4) is 0 Å². The van der Waals surface area contributed by atoms with E-state index in [1.54, 1.807) is 17.1 Å². The number of amides is 1. The van der Waals surface area contributed by atoms with Gasteiger partial charge in [0.15, 0.2) is 11.2 Å². The van der Waals surface area contributed by atoms with Gasteiger partial charge in [-0.3, -0.25) is 10.1 Å². The van der Waals surface area contributed by atoms with E-state index < -0.39 is 29.2 Å². The molecule has 0 fully saturated rings. The second kappa shape index (κ2) is 9.95. The Hall–Kier alpha value is -2.03. The number of nitrogens with zero attached hydrogens (tertiary/aromatic N) is 1. The third-order valence-electron chi connectivity index (χ3n) is 3.70. The van der Waals surface area contributed by atoms with Gasteiger partial charge in [0, 0.05) is 10.3 Å². The van der Waals surface area contributed by atoms with Crippen molar-refractivity contribution >= 4 is 39.0 Å². The molecule has 1 unspecified atom stereocenters. The van der Waals surface area contributed by atoms with Crippen LogP contribution in [0.15, 0.2) is 40.1 Å². The Bertz CT molecular complexity index is 898. The zero-order valence-electron chi connectivity index (χ0n) is 16.0. The van der Waals surface area contributed by atoms with E-state index in [-0.39, 0.29) is 5.13 Å². The molecule has 2 N–H and O–H groups in total. The van der Waals surface area contributed by atoms with Crippen LogP contribution in [0.4, 0.5) is 13.9 Å². The van der Waals surface area contributed by atoms with Crippen LogP contribution < -0.4 is 5.32 Å². The summed E-state index contributed by atoms with van der Waals surface area (Å²) in [7, 11) is 0. The van der Waals surface area contributed by atoms with Crippen molar-refractivity contribution in [3.63, 3.8) is 0 Å². The van der Waals surface area contributed by atoms with E-state index in [4.69, 9.17) is 0 Å². The molecular weight excluding hydrogens is 402 g/mol. The first-order valence-corrected chi connectivity index (χ1v) is 10.3. The van der Waals surface area contributed by atoms with Gasteiger partial charge in [-0.05, 0) is 44.2 Å². The zero-order chi connectivity index (χ0) is 20.8. The first-order valence-electron chi connectivity index (χ1n) is 8.65. The summed E-state index contributed by atoms with van der Waals surface area (Å²) in [5, 5.41) is 14.5. The molecule has 0 aliphatic carbocycles. The average Bonchev–Trinajstić information content (AvgIpc) is 3.07. The second-order valence-corrected chi connectivity index (χ2v) is 8.33. The lowest BCUT2D eigenvalue weighted by atomic mass is 10.1. The van der Waals surface area contributed by atoms with E-state index >= 15 is 0 Å². The third kappa shape index (κ3) is 5.50. The number of halogens is 2. The Kier molecular flexibility index (Phi) is 7.91. The summed E-state index contributed by atoms with van der Waals surface area (Å²) in [6.07, 6.45) is 1.07.